The lowest BCUT2D eigenvalue weighted by atomic mass is 10.1. The number of benzene rings is 1. The summed E-state index contributed by atoms with van der Waals surface area (Å²) in [7, 11) is 0. The molecule has 1 aromatic carbocycles. The number of ether oxygens (including phenoxy) is 1. The van der Waals surface area contributed by atoms with Gasteiger partial charge in [-0.1, -0.05) is 18.2 Å². The lowest BCUT2D eigenvalue weighted by molar-refractivity contribution is -0.143. The lowest BCUT2D eigenvalue weighted by Gasteiger charge is -2.31. The van der Waals surface area contributed by atoms with E-state index in [-0.39, 0.29) is 12.0 Å². The van der Waals surface area contributed by atoms with Crippen molar-refractivity contribution >= 4 is 11.7 Å². The molecule has 0 amide bonds. The maximum absolute atomic E-state index is 11.6. The molecular formula is C16H23NO2. The Morgan fingerprint density at radius 3 is 2.95 bits per heavy atom. The standard InChI is InChI=1S/C16H23NO2/c1-3-19-16(18)12-13(2)17-11-7-6-9-14-8-4-5-10-15(14)17/h4-5,8,10,13H,3,6-7,9,11-12H2,1-2H3. The molecule has 1 atom stereocenters. The molecule has 1 aromatic rings. The molecule has 2 rings (SSSR count). The van der Waals surface area contributed by atoms with E-state index in [1.54, 1.807) is 0 Å². The number of hydrogen-bond donors (Lipinski definition) is 0. The highest BCUT2D eigenvalue weighted by Crippen LogP contribution is 2.28. The summed E-state index contributed by atoms with van der Waals surface area (Å²) in [6.45, 7) is 5.45. The fourth-order valence-electron chi connectivity index (χ4n) is 2.75. The van der Waals surface area contributed by atoms with Gasteiger partial charge < -0.3 is 9.64 Å². The molecule has 0 saturated carbocycles. The molecule has 3 heteroatoms. The number of aryl methyl sites for hydroxylation is 1. The van der Waals surface area contributed by atoms with Gasteiger partial charge in [0.05, 0.1) is 13.0 Å². The molecule has 0 N–H and O–H groups in total. The van der Waals surface area contributed by atoms with Gasteiger partial charge in [0.2, 0.25) is 0 Å². The lowest BCUT2D eigenvalue weighted by Crippen LogP contribution is -2.35. The van der Waals surface area contributed by atoms with E-state index in [0.29, 0.717) is 13.0 Å². The second-order valence-corrected chi connectivity index (χ2v) is 5.14. The third-order valence-corrected chi connectivity index (χ3v) is 3.70. The van der Waals surface area contributed by atoms with Crippen LogP contribution >= 0.6 is 0 Å². The zero-order valence-corrected chi connectivity index (χ0v) is 11.9. The molecule has 0 saturated heterocycles. The van der Waals surface area contributed by atoms with Crippen molar-refractivity contribution in [3.8, 4) is 0 Å². The number of fused-ring (bicyclic) bond motifs is 1. The number of hydrogen-bond acceptors (Lipinski definition) is 3. The highest BCUT2D eigenvalue weighted by Gasteiger charge is 2.21. The minimum Gasteiger partial charge on any atom is -0.466 e. The van der Waals surface area contributed by atoms with Crippen LogP contribution in [0.4, 0.5) is 5.69 Å². The van der Waals surface area contributed by atoms with E-state index in [1.165, 1.54) is 24.1 Å². The topological polar surface area (TPSA) is 29.5 Å². The molecule has 104 valence electrons. The quantitative estimate of drug-likeness (QED) is 0.780. The van der Waals surface area contributed by atoms with E-state index in [0.717, 1.165) is 13.0 Å². The Hall–Kier alpha value is -1.51. The van der Waals surface area contributed by atoms with E-state index in [4.69, 9.17) is 4.74 Å². The highest BCUT2D eigenvalue weighted by molar-refractivity contribution is 5.71. The van der Waals surface area contributed by atoms with Crippen molar-refractivity contribution in [2.24, 2.45) is 0 Å². The van der Waals surface area contributed by atoms with Crippen LogP contribution < -0.4 is 4.90 Å². The second-order valence-electron chi connectivity index (χ2n) is 5.14. The van der Waals surface area contributed by atoms with Crippen LogP contribution in [0.5, 0.6) is 0 Å². The number of nitrogens with zero attached hydrogens (tertiary/aromatic N) is 1. The summed E-state index contributed by atoms with van der Waals surface area (Å²) in [5.41, 5.74) is 2.69. The predicted octanol–water partition coefficient (Wildman–Crippen LogP) is 3.17. The largest absolute Gasteiger partial charge is 0.466 e. The molecule has 1 unspecified atom stereocenters. The normalized spacial score (nSPS) is 16.4. The molecule has 0 spiro atoms. The van der Waals surface area contributed by atoms with Crippen molar-refractivity contribution < 1.29 is 9.53 Å². The number of anilines is 1. The molecule has 0 fully saturated rings. The first kappa shape index (κ1) is 13.9. The summed E-state index contributed by atoms with van der Waals surface area (Å²) in [6, 6.07) is 8.73. The zero-order chi connectivity index (χ0) is 13.7. The number of carbonyl (C=O) groups excluding carboxylic acids is 1. The monoisotopic (exact) mass is 261 g/mol. The summed E-state index contributed by atoms with van der Waals surface area (Å²) >= 11 is 0. The van der Waals surface area contributed by atoms with Crippen molar-refractivity contribution in [2.75, 3.05) is 18.1 Å². The first-order valence-electron chi connectivity index (χ1n) is 7.22. The average molecular weight is 261 g/mol. The molecule has 0 aliphatic carbocycles. The van der Waals surface area contributed by atoms with Crippen molar-refractivity contribution in [3.63, 3.8) is 0 Å². The van der Waals surface area contributed by atoms with Gasteiger partial charge in [0, 0.05) is 18.3 Å². The van der Waals surface area contributed by atoms with E-state index in [2.05, 4.69) is 36.1 Å². The Bertz CT molecular complexity index is 431. The summed E-state index contributed by atoms with van der Waals surface area (Å²) in [5.74, 6) is -0.100. The van der Waals surface area contributed by atoms with Gasteiger partial charge in [0.1, 0.15) is 0 Å². The molecule has 3 nitrogen and oxygen atoms in total. The predicted molar refractivity (Wildman–Crippen MR) is 77.4 cm³/mol. The Morgan fingerprint density at radius 2 is 2.16 bits per heavy atom. The molecular weight excluding hydrogens is 238 g/mol. The van der Waals surface area contributed by atoms with Gasteiger partial charge in [-0.15, -0.1) is 0 Å². The third-order valence-electron chi connectivity index (χ3n) is 3.70. The third kappa shape index (κ3) is 3.49. The van der Waals surface area contributed by atoms with Crippen molar-refractivity contribution in [2.45, 2.75) is 45.6 Å². The Labute approximate surface area is 115 Å². The first-order valence-corrected chi connectivity index (χ1v) is 7.22. The molecule has 19 heavy (non-hydrogen) atoms. The molecule has 0 bridgehead atoms. The minimum atomic E-state index is -0.100. The van der Waals surface area contributed by atoms with Crippen LogP contribution in [0.2, 0.25) is 0 Å². The molecule has 1 heterocycles. The Kier molecular flexibility index (Phi) is 4.83. The van der Waals surface area contributed by atoms with E-state index in [9.17, 15) is 4.79 Å². The summed E-state index contributed by atoms with van der Waals surface area (Å²) < 4.78 is 5.06. The summed E-state index contributed by atoms with van der Waals surface area (Å²) in [6.07, 6.45) is 4.00. The number of para-hydroxylation sites is 1. The van der Waals surface area contributed by atoms with Gasteiger partial charge in [-0.2, -0.15) is 0 Å². The van der Waals surface area contributed by atoms with Gasteiger partial charge in [0.15, 0.2) is 0 Å². The van der Waals surface area contributed by atoms with Gasteiger partial charge in [-0.3, -0.25) is 4.79 Å². The Balaban J connectivity index is 2.12. The maximum atomic E-state index is 11.6. The molecule has 0 radical (unpaired) electrons. The van der Waals surface area contributed by atoms with Crippen molar-refractivity contribution in [3.05, 3.63) is 29.8 Å². The van der Waals surface area contributed by atoms with E-state index < -0.39 is 0 Å². The van der Waals surface area contributed by atoms with E-state index in [1.807, 2.05) is 6.92 Å². The van der Waals surface area contributed by atoms with Crippen LogP contribution in [0.15, 0.2) is 24.3 Å². The van der Waals surface area contributed by atoms with Crippen LogP contribution in [0.3, 0.4) is 0 Å². The average Bonchev–Trinajstić information content (AvgIpc) is 2.61. The fraction of sp³-hybridized carbons (Fsp3) is 0.562. The van der Waals surface area contributed by atoms with Gasteiger partial charge in [-0.05, 0) is 44.7 Å². The van der Waals surface area contributed by atoms with E-state index >= 15 is 0 Å². The zero-order valence-electron chi connectivity index (χ0n) is 11.9. The Morgan fingerprint density at radius 1 is 1.37 bits per heavy atom. The smallest absolute Gasteiger partial charge is 0.307 e. The van der Waals surface area contributed by atoms with Gasteiger partial charge in [0.25, 0.3) is 0 Å². The van der Waals surface area contributed by atoms with Crippen LogP contribution in [0, 0.1) is 0 Å². The molecule has 1 aliphatic rings. The summed E-state index contributed by atoms with van der Waals surface area (Å²) in [4.78, 5) is 14.0. The number of carbonyl (C=O) groups is 1. The summed E-state index contributed by atoms with van der Waals surface area (Å²) in [5, 5.41) is 0. The van der Waals surface area contributed by atoms with Gasteiger partial charge in [-0.25, -0.2) is 0 Å². The van der Waals surface area contributed by atoms with Crippen molar-refractivity contribution in [1.82, 2.24) is 0 Å². The van der Waals surface area contributed by atoms with Gasteiger partial charge >= 0.3 is 5.97 Å². The van der Waals surface area contributed by atoms with Crippen LogP contribution in [-0.4, -0.2) is 25.2 Å². The first-order chi connectivity index (χ1) is 9.22. The number of esters is 1. The number of rotatable bonds is 4. The van der Waals surface area contributed by atoms with Crippen LogP contribution in [0.1, 0.15) is 38.7 Å². The fourth-order valence-corrected chi connectivity index (χ4v) is 2.75. The van der Waals surface area contributed by atoms with Crippen LogP contribution in [-0.2, 0) is 16.0 Å². The second kappa shape index (κ2) is 6.60. The SMILES string of the molecule is CCOC(=O)CC(C)N1CCCCc2ccccc21. The van der Waals surface area contributed by atoms with Crippen molar-refractivity contribution in [1.29, 1.82) is 0 Å². The maximum Gasteiger partial charge on any atom is 0.307 e. The minimum absolute atomic E-state index is 0.100. The molecule has 1 aliphatic heterocycles. The van der Waals surface area contributed by atoms with Crippen LogP contribution in [0.25, 0.3) is 0 Å². The molecule has 0 aromatic heterocycles. The highest BCUT2D eigenvalue weighted by atomic mass is 16.5.